The monoisotopic (exact) mass is 369 g/mol. The van der Waals surface area contributed by atoms with Crippen LogP contribution in [-0.2, 0) is 0 Å². The van der Waals surface area contributed by atoms with Gasteiger partial charge in [0.25, 0.3) is 0 Å². The van der Waals surface area contributed by atoms with Crippen molar-refractivity contribution in [1.82, 2.24) is 10.2 Å². The number of hydrogen-bond acceptors (Lipinski definition) is 3. The lowest BCUT2D eigenvalue weighted by Gasteiger charge is -2.35. The van der Waals surface area contributed by atoms with Gasteiger partial charge in [0, 0.05) is 38.6 Å². The third-order valence-corrected chi connectivity index (χ3v) is 3.72. The summed E-state index contributed by atoms with van der Waals surface area (Å²) in [6.45, 7) is 3.06. The average molecular weight is 370 g/mol. The van der Waals surface area contributed by atoms with E-state index in [9.17, 15) is 13.2 Å². The largest absolute Gasteiger partial charge is 0.389 e. The van der Waals surface area contributed by atoms with Crippen molar-refractivity contribution in [2.24, 2.45) is 0 Å². The van der Waals surface area contributed by atoms with Gasteiger partial charge in [-0.15, -0.1) is 24.8 Å². The van der Waals surface area contributed by atoms with E-state index < -0.39 is 12.6 Å². The first-order valence-corrected chi connectivity index (χ1v) is 7.01. The van der Waals surface area contributed by atoms with Crippen molar-refractivity contribution in [2.45, 2.75) is 25.1 Å². The predicted molar refractivity (Wildman–Crippen MR) is 88.1 cm³/mol. The molecular weight excluding hydrogens is 350 g/mol. The molecule has 3 nitrogen and oxygen atoms in total. The molecule has 2 rings (SSSR count). The Kier molecular flexibility index (Phi) is 9.55. The van der Waals surface area contributed by atoms with Crippen LogP contribution in [0, 0.1) is 11.3 Å². The summed E-state index contributed by atoms with van der Waals surface area (Å²) in [4.78, 5) is 2.09. The highest BCUT2D eigenvalue weighted by Gasteiger charge is 2.31. The second-order valence-electron chi connectivity index (χ2n) is 5.19. The molecule has 0 spiro atoms. The van der Waals surface area contributed by atoms with Gasteiger partial charge in [0.05, 0.1) is 11.6 Å². The van der Waals surface area contributed by atoms with Crippen LogP contribution in [0.2, 0.25) is 0 Å². The van der Waals surface area contributed by atoms with E-state index in [1.165, 1.54) is 0 Å². The molecule has 1 aliphatic rings. The van der Waals surface area contributed by atoms with Crippen LogP contribution in [0.5, 0.6) is 0 Å². The average Bonchev–Trinajstić information content (AvgIpc) is 2.48. The molecule has 1 heterocycles. The van der Waals surface area contributed by atoms with Crippen LogP contribution >= 0.6 is 24.8 Å². The first kappa shape index (κ1) is 22.0. The van der Waals surface area contributed by atoms with Gasteiger partial charge in [-0.1, -0.05) is 12.1 Å². The van der Waals surface area contributed by atoms with E-state index in [2.05, 4.69) is 10.2 Å². The minimum atomic E-state index is -4.14. The fourth-order valence-electron chi connectivity index (χ4n) is 2.63. The molecule has 8 heteroatoms. The second-order valence-corrected chi connectivity index (χ2v) is 5.19. The Hall–Kier alpha value is -1.00. The Labute approximate surface area is 146 Å². The second kappa shape index (κ2) is 9.99. The number of hydrogen-bond donors (Lipinski definition) is 1. The number of halogens is 5. The SMILES string of the molecule is Cl.Cl.N#Cc1ccc([C@H](CCC(F)(F)F)N2CCNCC2)cc1. The Morgan fingerprint density at radius 1 is 1.13 bits per heavy atom. The molecule has 1 aliphatic heterocycles. The molecule has 0 aromatic heterocycles. The van der Waals surface area contributed by atoms with Crippen LogP contribution in [0.15, 0.2) is 24.3 Å². The normalized spacial score (nSPS) is 16.6. The smallest absolute Gasteiger partial charge is 0.314 e. The van der Waals surface area contributed by atoms with Crippen molar-refractivity contribution in [3.63, 3.8) is 0 Å². The number of benzene rings is 1. The van der Waals surface area contributed by atoms with Gasteiger partial charge in [-0.05, 0) is 24.1 Å². The van der Waals surface area contributed by atoms with Crippen LogP contribution in [0.1, 0.15) is 30.0 Å². The van der Waals surface area contributed by atoms with Crippen LogP contribution in [0.3, 0.4) is 0 Å². The fraction of sp³-hybridized carbons (Fsp3) is 0.533. The van der Waals surface area contributed by atoms with Crippen LogP contribution in [0.4, 0.5) is 13.2 Å². The first-order valence-electron chi connectivity index (χ1n) is 7.01. The predicted octanol–water partition coefficient (Wildman–Crippen LogP) is 3.69. The Bertz CT molecular complexity index is 494. The molecule has 0 radical (unpaired) electrons. The molecule has 23 heavy (non-hydrogen) atoms. The maximum Gasteiger partial charge on any atom is 0.389 e. The summed E-state index contributed by atoms with van der Waals surface area (Å²) >= 11 is 0. The maximum atomic E-state index is 12.5. The van der Waals surface area contributed by atoms with E-state index in [0.717, 1.165) is 31.7 Å². The van der Waals surface area contributed by atoms with Crippen molar-refractivity contribution in [3.8, 4) is 6.07 Å². The highest BCUT2D eigenvalue weighted by molar-refractivity contribution is 5.85. The molecule has 1 saturated heterocycles. The quantitative estimate of drug-likeness (QED) is 0.879. The number of alkyl halides is 3. The lowest BCUT2D eigenvalue weighted by atomic mass is 9.98. The van der Waals surface area contributed by atoms with Crippen molar-refractivity contribution in [3.05, 3.63) is 35.4 Å². The summed E-state index contributed by atoms with van der Waals surface area (Å²) in [5.41, 5.74) is 1.37. The Morgan fingerprint density at radius 3 is 2.17 bits per heavy atom. The van der Waals surface area contributed by atoms with Crippen molar-refractivity contribution >= 4 is 24.8 Å². The highest BCUT2D eigenvalue weighted by atomic mass is 35.5. The molecule has 1 N–H and O–H groups in total. The Balaban J connectivity index is 0.00000242. The summed E-state index contributed by atoms with van der Waals surface area (Å²) in [7, 11) is 0. The van der Waals surface area contributed by atoms with E-state index in [1.54, 1.807) is 24.3 Å². The van der Waals surface area contributed by atoms with E-state index in [4.69, 9.17) is 5.26 Å². The van der Waals surface area contributed by atoms with Crippen molar-refractivity contribution in [2.75, 3.05) is 26.2 Å². The molecule has 1 fully saturated rings. The third kappa shape index (κ3) is 6.96. The molecule has 0 amide bonds. The molecule has 1 aromatic carbocycles. The lowest BCUT2D eigenvalue weighted by Crippen LogP contribution is -2.45. The fourth-order valence-corrected chi connectivity index (χ4v) is 2.63. The molecule has 0 aliphatic carbocycles. The topological polar surface area (TPSA) is 39.1 Å². The number of rotatable bonds is 4. The first-order chi connectivity index (χ1) is 9.99. The van der Waals surface area contributed by atoms with E-state index in [0.29, 0.717) is 5.56 Å². The molecule has 1 aromatic rings. The van der Waals surface area contributed by atoms with Crippen molar-refractivity contribution < 1.29 is 13.2 Å². The standard InChI is InChI=1S/C15H18F3N3.2ClH/c16-15(17,18)6-5-14(21-9-7-20-8-10-21)13-3-1-12(11-19)2-4-13;;/h1-4,14,20H,5-10H2;2*1H/t14-;;/m0../s1. The van der Waals surface area contributed by atoms with Gasteiger partial charge in [0.1, 0.15) is 0 Å². The molecule has 130 valence electrons. The van der Waals surface area contributed by atoms with Gasteiger partial charge in [-0.3, -0.25) is 4.90 Å². The van der Waals surface area contributed by atoms with Crippen LogP contribution in [-0.4, -0.2) is 37.3 Å². The minimum absolute atomic E-state index is 0. The van der Waals surface area contributed by atoms with Gasteiger partial charge >= 0.3 is 6.18 Å². The van der Waals surface area contributed by atoms with E-state index >= 15 is 0 Å². The number of nitrogens with one attached hydrogen (secondary N) is 1. The summed E-state index contributed by atoms with van der Waals surface area (Å²) in [5, 5.41) is 12.0. The van der Waals surface area contributed by atoms with Gasteiger partial charge in [-0.2, -0.15) is 18.4 Å². The zero-order chi connectivity index (χ0) is 15.3. The molecule has 0 bridgehead atoms. The molecular formula is C15H20Cl2F3N3. The summed E-state index contributed by atoms with van der Waals surface area (Å²) in [5.74, 6) is 0. The van der Waals surface area contributed by atoms with E-state index in [-0.39, 0.29) is 37.3 Å². The minimum Gasteiger partial charge on any atom is -0.314 e. The molecule has 1 atom stereocenters. The summed E-state index contributed by atoms with van der Waals surface area (Å²) in [6, 6.07) is 8.64. The lowest BCUT2D eigenvalue weighted by molar-refractivity contribution is -0.138. The van der Waals surface area contributed by atoms with Gasteiger partial charge in [0.2, 0.25) is 0 Å². The number of piperazine rings is 1. The van der Waals surface area contributed by atoms with Crippen LogP contribution in [0.25, 0.3) is 0 Å². The third-order valence-electron chi connectivity index (χ3n) is 3.72. The van der Waals surface area contributed by atoms with Crippen molar-refractivity contribution in [1.29, 1.82) is 5.26 Å². The van der Waals surface area contributed by atoms with Gasteiger partial charge < -0.3 is 5.32 Å². The Morgan fingerprint density at radius 2 is 1.70 bits per heavy atom. The molecule has 0 saturated carbocycles. The van der Waals surface area contributed by atoms with Crippen LogP contribution < -0.4 is 5.32 Å². The van der Waals surface area contributed by atoms with E-state index in [1.807, 2.05) is 6.07 Å². The van der Waals surface area contributed by atoms with Gasteiger partial charge in [-0.25, -0.2) is 0 Å². The molecule has 0 unspecified atom stereocenters. The highest BCUT2D eigenvalue weighted by Crippen LogP contribution is 2.31. The zero-order valence-corrected chi connectivity index (χ0v) is 14.1. The zero-order valence-electron chi connectivity index (χ0n) is 12.5. The number of nitrogens with zero attached hydrogens (tertiary/aromatic N) is 2. The number of nitriles is 1. The van der Waals surface area contributed by atoms with Gasteiger partial charge in [0.15, 0.2) is 0 Å². The maximum absolute atomic E-state index is 12.5. The summed E-state index contributed by atoms with van der Waals surface area (Å²) in [6.07, 6.45) is -4.88. The summed E-state index contributed by atoms with van der Waals surface area (Å²) < 4.78 is 37.6.